The van der Waals surface area contributed by atoms with E-state index in [1.165, 1.54) is 0 Å². The van der Waals surface area contributed by atoms with Crippen LogP contribution < -0.4 is 20.3 Å². The third-order valence-corrected chi connectivity index (χ3v) is 4.90. The van der Waals surface area contributed by atoms with Crippen LogP contribution in [0, 0.1) is 0 Å². The zero-order valence-corrected chi connectivity index (χ0v) is 16.1. The van der Waals surface area contributed by atoms with Crippen LogP contribution in [0.2, 0.25) is 0 Å². The molecule has 1 amide bonds. The van der Waals surface area contributed by atoms with Gasteiger partial charge < -0.3 is 15.5 Å². The molecule has 1 aliphatic rings. The van der Waals surface area contributed by atoms with Crippen LogP contribution in [0.5, 0.6) is 0 Å². The van der Waals surface area contributed by atoms with E-state index < -0.39 is 10.0 Å². The summed E-state index contributed by atoms with van der Waals surface area (Å²) in [7, 11) is -3.46. The molecular weight excluding hydrogens is 364 g/mol. The summed E-state index contributed by atoms with van der Waals surface area (Å²) in [5.74, 6) is -0.248. The smallest absolute Gasteiger partial charge is 0.251 e. The molecular formula is C19H24N4O3S. The van der Waals surface area contributed by atoms with Crippen molar-refractivity contribution in [2.45, 2.75) is 6.54 Å². The molecule has 3 rings (SSSR count). The maximum atomic E-state index is 12.5. The Bertz CT molecular complexity index is 894. The largest absolute Gasteiger partial charge is 0.367 e. The number of nitrogens with zero attached hydrogens (tertiary/aromatic N) is 1. The average Bonchev–Trinajstić information content (AvgIpc) is 2.66. The minimum atomic E-state index is -3.46. The quantitative estimate of drug-likeness (QED) is 0.696. The van der Waals surface area contributed by atoms with Crippen LogP contribution in [0.3, 0.4) is 0 Å². The number of carbonyl (C=O) groups excluding carboxylic acids is 1. The highest BCUT2D eigenvalue weighted by Gasteiger charge is 2.18. The van der Waals surface area contributed by atoms with E-state index in [-0.39, 0.29) is 5.91 Å². The summed E-state index contributed by atoms with van der Waals surface area (Å²) in [4.78, 5) is 14.6. The Kier molecular flexibility index (Phi) is 5.98. The highest BCUT2D eigenvalue weighted by Crippen LogP contribution is 2.28. The lowest BCUT2D eigenvalue weighted by Gasteiger charge is -2.31. The second-order valence-corrected chi connectivity index (χ2v) is 8.26. The van der Waals surface area contributed by atoms with Crippen molar-refractivity contribution in [3.8, 4) is 0 Å². The summed E-state index contributed by atoms with van der Waals surface area (Å²) in [6.45, 7) is 3.62. The molecule has 7 nitrogen and oxygen atoms in total. The van der Waals surface area contributed by atoms with Crippen LogP contribution in [0.25, 0.3) is 0 Å². The molecule has 144 valence electrons. The maximum absolute atomic E-state index is 12.5. The van der Waals surface area contributed by atoms with Gasteiger partial charge in [0.25, 0.3) is 5.91 Å². The first-order valence-electron chi connectivity index (χ1n) is 8.82. The Morgan fingerprint density at radius 2 is 1.81 bits per heavy atom. The van der Waals surface area contributed by atoms with E-state index in [4.69, 9.17) is 0 Å². The number of benzene rings is 2. The SMILES string of the molecule is CS(=O)(=O)Nc1cc(C(=O)NCc2ccccc2)ccc1N1CCNCC1. The van der Waals surface area contributed by atoms with Crippen molar-refractivity contribution < 1.29 is 13.2 Å². The summed E-state index contributed by atoms with van der Waals surface area (Å²) in [6, 6.07) is 14.7. The van der Waals surface area contributed by atoms with Gasteiger partial charge in [0, 0.05) is 38.3 Å². The molecule has 0 aliphatic carbocycles. The predicted octanol–water partition coefficient (Wildman–Crippen LogP) is 1.40. The summed E-state index contributed by atoms with van der Waals surface area (Å²) in [5.41, 5.74) is 2.61. The molecule has 0 unspecified atom stereocenters. The van der Waals surface area contributed by atoms with Crippen molar-refractivity contribution >= 4 is 27.3 Å². The van der Waals surface area contributed by atoms with E-state index in [9.17, 15) is 13.2 Å². The summed E-state index contributed by atoms with van der Waals surface area (Å²) in [5, 5.41) is 6.13. The van der Waals surface area contributed by atoms with Crippen LogP contribution in [-0.4, -0.2) is 46.8 Å². The van der Waals surface area contributed by atoms with Gasteiger partial charge in [-0.2, -0.15) is 0 Å². The van der Waals surface area contributed by atoms with Crippen LogP contribution in [0.1, 0.15) is 15.9 Å². The molecule has 0 spiro atoms. The van der Waals surface area contributed by atoms with Crippen molar-refractivity contribution in [1.29, 1.82) is 0 Å². The molecule has 0 radical (unpaired) electrons. The first-order chi connectivity index (χ1) is 12.9. The Morgan fingerprint density at radius 1 is 1.11 bits per heavy atom. The molecule has 1 saturated heterocycles. The maximum Gasteiger partial charge on any atom is 0.251 e. The van der Waals surface area contributed by atoms with Gasteiger partial charge >= 0.3 is 0 Å². The minimum absolute atomic E-state index is 0.248. The molecule has 2 aromatic rings. The number of nitrogens with one attached hydrogen (secondary N) is 3. The van der Waals surface area contributed by atoms with Gasteiger partial charge in [0.15, 0.2) is 0 Å². The minimum Gasteiger partial charge on any atom is -0.367 e. The second-order valence-electron chi connectivity index (χ2n) is 6.51. The molecule has 8 heteroatoms. The number of rotatable bonds is 6. The Balaban J connectivity index is 1.81. The summed E-state index contributed by atoms with van der Waals surface area (Å²) >= 11 is 0. The molecule has 27 heavy (non-hydrogen) atoms. The van der Waals surface area contributed by atoms with E-state index >= 15 is 0 Å². The Morgan fingerprint density at radius 3 is 2.48 bits per heavy atom. The van der Waals surface area contributed by atoms with E-state index in [0.29, 0.717) is 17.8 Å². The van der Waals surface area contributed by atoms with Crippen LogP contribution in [-0.2, 0) is 16.6 Å². The highest BCUT2D eigenvalue weighted by molar-refractivity contribution is 7.92. The molecule has 1 fully saturated rings. The fraction of sp³-hybridized carbons (Fsp3) is 0.316. The first kappa shape index (κ1) is 19.2. The van der Waals surface area contributed by atoms with Gasteiger partial charge in [-0.05, 0) is 23.8 Å². The average molecular weight is 388 g/mol. The topological polar surface area (TPSA) is 90.5 Å². The van der Waals surface area contributed by atoms with Gasteiger partial charge in [-0.1, -0.05) is 30.3 Å². The van der Waals surface area contributed by atoms with Gasteiger partial charge in [0.2, 0.25) is 10.0 Å². The monoisotopic (exact) mass is 388 g/mol. The number of carbonyl (C=O) groups is 1. The van der Waals surface area contributed by atoms with Crippen LogP contribution >= 0.6 is 0 Å². The number of amides is 1. The van der Waals surface area contributed by atoms with Crippen LogP contribution in [0.15, 0.2) is 48.5 Å². The van der Waals surface area contributed by atoms with Crippen molar-refractivity contribution in [3.63, 3.8) is 0 Å². The lowest BCUT2D eigenvalue weighted by Crippen LogP contribution is -2.43. The molecule has 0 atom stereocenters. The Labute approximate surface area is 159 Å². The lowest BCUT2D eigenvalue weighted by molar-refractivity contribution is 0.0951. The standard InChI is InChI=1S/C19H24N4O3S/c1-27(25,26)22-17-13-16(7-8-18(17)23-11-9-20-10-12-23)19(24)21-14-15-5-3-2-4-6-15/h2-8,13,20,22H,9-12,14H2,1H3,(H,21,24). The van der Waals surface area contributed by atoms with E-state index in [1.807, 2.05) is 30.3 Å². The Hall–Kier alpha value is -2.58. The molecule has 2 aromatic carbocycles. The molecule has 0 bridgehead atoms. The summed E-state index contributed by atoms with van der Waals surface area (Å²) < 4.78 is 26.1. The second kappa shape index (κ2) is 8.41. The third-order valence-electron chi connectivity index (χ3n) is 4.31. The molecule has 3 N–H and O–H groups in total. The van der Waals surface area contributed by atoms with Crippen molar-refractivity contribution in [2.75, 3.05) is 42.1 Å². The first-order valence-corrected chi connectivity index (χ1v) is 10.7. The number of piperazine rings is 1. The molecule has 0 aromatic heterocycles. The van der Waals surface area contributed by atoms with E-state index in [0.717, 1.165) is 43.7 Å². The third kappa shape index (κ3) is 5.45. The van der Waals surface area contributed by atoms with Gasteiger partial charge in [-0.25, -0.2) is 8.42 Å². The van der Waals surface area contributed by atoms with Gasteiger partial charge in [-0.3, -0.25) is 9.52 Å². The number of hydrogen-bond donors (Lipinski definition) is 3. The van der Waals surface area contributed by atoms with E-state index in [2.05, 4.69) is 20.3 Å². The number of anilines is 2. The van der Waals surface area contributed by atoms with Crippen molar-refractivity contribution in [2.24, 2.45) is 0 Å². The molecule has 1 aliphatic heterocycles. The molecule has 1 heterocycles. The zero-order valence-electron chi connectivity index (χ0n) is 15.2. The van der Waals surface area contributed by atoms with Crippen LogP contribution in [0.4, 0.5) is 11.4 Å². The van der Waals surface area contributed by atoms with E-state index in [1.54, 1.807) is 18.2 Å². The predicted molar refractivity (Wildman–Crippen MR) is 108 cm³/mol. The van der Waals surface area contributed by atoms with Crippen molar-refractivity contribution in [1.82, 2.24) is 10.6 Å². The highest BCUT2D eigenvalue weighted by atomic mass is 32.2. The summed E-state index contributed by atoms with van der Waals surface area (Å²) in [6.07, 6.45) is 1.11. The zero-order chi connectivity index (χ0) is 19.3. The molecule has 0 saturated carbocycles. The lowest BCUT2D eigenvalue weighted by atomic mass is 10.1. The van der Waals surface area contributed by atoms with Crippen molar-refractivity contribution in [3.05, 3.63) is 59.7 Å². The van der Waals surface area contributed by atoms with Gasteiger partial charge in [-0.15, -0.1) is 0 Å². The fourth-order valence-electron chi connectivity index (χ4n) is 3.02. The number of sulfonamides is 1. The number of hydrogen-bond acceptors (Lipinski definition) is 5. The normalized spacial score (nSPS) is 14.6. The fourth-order valence-corrected chi connectivity index (χ4v) is 3.58. The van der Waals surface area contributed by atoms with Gasteiger partial charge in [0.1, 0.15) is 0 Å². The van der Waals surface area contributed by atoms with Gasteiger partial charge in [0.05, 0.1) is 17.6 Å².